The first-order valence-electron chi connectivity index (χ1n) is 14.4. The molecule has 44 heavy (non-hydrogen) atoms. The highest BCUT2D eigenvalue weighted by Gasteiger charge is 2.25. The monoisotopic (exact) mass is 562 g/mol. The van der Waals surface area contributed by atoms with Gasteiger partial charge in [-0.15, -0.1) is 0 Å². The average molecular weight is 563 g/mol. The zero-order valence-corrected chi connectivity index (χ0v) is 23.4. The molecule has 9 rings (SSSR count). The van der Waals surface area contributed by atoms with E-state index in [9.17, 15) is 0 Å². The SMILES string of the molecule is c1ccc2cc(C3=Nc4cc5ccccc5nc4C(c4cc5ccccc5cn4)=Nc4cc5ccccc5nc43)ncc2c1. The minimum absolute atomic E-state index is 0.643. The lowest BCUT2D eigenvalue weighted by atomic mass is 10.0. The average Bonchev–Trinajstić information content (AvgIpc) is 3.08. The summed E-state index contributed by atoms with van der Waals surface area (Å²) in [5, 5.41) is 6.24. The number of hydrogen-bond donors (Lipinski definition) is 0. The molecule has 0 saturated heterocycles. The first-order chi connectivity index (χ1) is 21.8. The highest BCUT2D eigenvalue weighted by atomic mass is 14.9. The van der Waals surface area contributed by atoms with Gasteiger partial charge in [-0.25, -0.2) is 20.0 Å². The number of pyridine rings is 4. The van der Waals surface area contributed by atoms with Gasteiger partial charge in [0.25, 0.3) is 0 Å². The van der Waals surface area contributed by atoms with Crippen LogP contribution in [0.15, 0.2) is 144 Å². The Hall–Kier alpha value is -6.14. The van der Waals surface area contributed by atoms with Crippen molar-refractivity contribution in [2.75, 3.05) is 0 Å². The van der Waals surface area contributed by atoms with E-state index in [2.05, 4.69) is 60.7 Å². The molecule has 0 spiro atoms. The van der Waals surface area contributed by atoms with E-state index in [0.29, 0.717) is 45.6 Å². The largest absolute Gasteiger partial charge is 0.254 e. The van der Waals surface area contributed by atoms with Gasteiger partial charge in [-0.1, -0.05) is 84.9 Å². The summed E-state index contributed by atoms with van der Waals surface area (Å²) >= 11 is 0. The number of nitrogens with zero attached hydrogens (tertiary/aromatic N) is 6. The van der Waals surface area contributed by atoms with E-state index in [4.69, 9.17) is 29.9 Å². The van der Waals surface area contributed by atoms with E-state index in [0.717, 1.165) is 43.4 Å². The summed E-state index contributed by atoms with van der Waals surface area (Å²) < 4.78 is 0. The summed E-state index contributed by atoms with van der Waals surface area (Å²) in [6, 6.07) is 40.8. The fourth-order valence-corrected chi connectivity index (χ4v) is 5.86. The standard InChI is InChI=1S/C38H22N6/c1-3-13-27-21-39-31(17-23(27)9-1)35-37-33(19-25-11-5-7-15-29(25)41-37)44-36(32-18-24-10-2-4-14-28(24)22-40-32)38-34(43-35)20-26-12-6-8-16-30(26)42-38/h1-22H. The lowest BCUT2D eigenvalue weighted by Gasteiger charge is -2.18. The van der Waals surface area contributed by atoms with Crippen LogP contribution >= 0.6 is 0 Å². The third-order valence-corrected chi connectivity index (χ3v) is 8.07. The summed E-state index contributed by atoms with van der Waals surface area (Å²) in [6.07, 6.45) is 3.78. The summed E-state index contributed by atoms with van der Waals surface area (Å²) in [5.41, 5.74) is 7.12. The van der Waals surface area contributed by atoms with Gasteiger partial charge in [-0.05, 0) is 47.2 Å². The number of fused-ring (bicyclic) bond motifs is 6. The fraction of sp³-hybridized carbons (Fsp3) is 0. The number of aromatic nitrogens is 4. The van der Waals surface area contributed by atoms with Gasteiger partial charge in [-0.3, -0.25) is 9.97 Å². The maximum absolute atomic E-state index is 5.33. The Morgan fingerprint density at radius 2 is 0.750 bits per heavy atom. The molecule has 0 N–H and O–H groups in total. The Morgan fingerprint density at radius 1 is 0.364 bits per heavy atom. The lowest BCUT2D eigenvalue weighted by Crippen LogP contribution is -2.15. The zero-order chi connectivity index (χ0) is 29.0. The highest BCUT2D eigenvalue weighted by Crippen LogP contribution is 2.35. The van der Waals surface area contributed by atoms with Crippen LogP contribution in [0.1, 0.15) is 22.8 Å². The second-order valence-electron chi connectivity index (χ2n) is 10.9. The zero-order valence-electron chi connectivity index (χ0n) is 23.4. The topological polar surface area (TPSA) is 76.3 Å². The van der Waals surface area contributed by atoms with Crippen molar-refractivity contribution in [1.82, 2.24) is 19.9 Å². The van der Waals surface area contributed by atoms with Gasteiger partial charge in [0.2, 0.25) is 0 Å². The van der Waals surface area contributed by atoms with Crippen molar-refractivity contribution in [3.8, 4) is 0 Å². The molecule has 204 valence electrons. The third kappa shape index (κ3) is 4.04. The molecule has 0 unspecified atom stereocenters. The van der Waals surface area contributed by atoms with Crippen LogP contribution in [0.3, 0.4) is 0 Å². The number of hydrogen-bond acceptors (Lipinski definition) is 6. The Bertz CT molecular complexity index is 2340. The van der Waals surface area contributed by atoms with Crippen molar-refractivity contribution in [1.29, 1.82) is 0 Å². The van der Waals surface area contributed by atoms with Crippen LogP contribution in [0.4, 0.5) is 11.4 Å². The molecular weight excluding hydrogens is 540 g/mol. The molecule has 0 amide bonds. The second kappa shape index (κ2) is 9.71. The van der Waals surface area contributed by atoms with Crippen molar-refractivity contribution in [2.45, 2.75) is 0 Å². The quantitative estimate of drug-likeness (QED) is 0.212. The van der Waals surface area contributed by atoms with Gasteiger partial charge in [0.15, 0.2) is 0 Å². The molecule has 4 aromatic carbocycles. The van der Waals surface area contributed by atoms with Crippen molar-refractivity contribution >= 4 is 66.1 Å². The van der Waals surface area contributed by atoms with Crippen LogP contribution in [0.25, 0.3) is 43.4 Å². The van der Waals surface area contributed by atoms with Crippen LogP contribution in [0.5, 0.6) is 0 Å². The van der Waals surface area contributed by atoms with Crippen LogP contribution in [-0.4, -0.2) is 31.4 Å². The smallest absolute Gasteiger partial charge is 0.117 e. The highest BCUT2D eigenvalue weighted by molar-refractivity contribution is 6.22. The number of para-hydroxylation sites is 2. The molecule has 0 bridgehead atoms. The first kappa shape index (κ1) is 24.5. The lowest BCUT2D eigenvalue weighted by molar-refractivity contribution is 1.23. The molecular formula is C38H22N6. The van der Waals surface area contributed by atoms with Crippen LogP contribution in [0.2, 0.25) is 0 Å². The van der Waals surface area contributed by atoms with E-state index in [1.807, 2.05) is 73.1 Å². The minimum atomic E-state index is 0.643. The molecule has 0 atom stereocenters. The Kier molecular flexibility index (Phi) is 5.40. The molecule has 0 aliphatic carbocycles. The Balaban J connectivity index is 1.39. The van der Waals surface area contributed by atoms with Gasteiger partial charge >= 0.3 is 0 Å². The van der Waals surface area contributed by atoms with Crippen LogP contribution in [-0.2, 0) is 0 Å². The van der Waals surface area contributed by atoms with Crippen molar-refractivity contribution < 1.29 is 0 Å². The molecule has 6 nitrogen and oxygen atoms in total. The van der Waals surface area contributed by atoms with E-state index < -0.39 is 0 Å². The Labute approximate surface area is 252 Å². The van der Waals surface area contributed by atoms with Gasteiger partial charge in [0.1, 0.15) is 22.8 Å². The van der Waals surface area contributed by atoms with Gasteiger partial charge < -0.3 is 0 Å². The van der Waals surface area contributed by atoms with Crippen molar-refractivity contribution in [2.24, 2.45) is 9.98 Å². The number of rotatable bonds is 2. The molecule has 5 heterocycles. The first-order valence-corrected chi connectivity index (χ1v) is 14.4. The molecule has 0 fully saturated rings. The van der Waals surface area contributed by atoms with Crippen molar-refractivity contribution in [3.63, 3.8) is 0 Å². The number of aliphatic imine (C=N–C) groups is 2. The van der Waals surface area contributed by atoms with Gasteiger partial charge in [0, 0.05) is 33.9 Å². The van der Waals surface area contributed by atoms with Crippen LogP contribution < -0.4 is 0 Å². The van der Waals surface area contributed by atoms with Gasteiger partial charge in [0.05, 0.1) is 33.8 Å². The molecule has 4 aromatic heterocycles. The molecule has 8 aromatic rings. The summed E-state index contributed by atoms with van der Waals surface area (Å²) in [6.45, 7) is 0. The normalized spacial score (nSPS) is 12.8. The summed E-state index contributed by atoms with van der Waals surface area (Å²) in [4.78, 5) is 30.7. The van der Waals surface area contributed by atoms with Gasteiger partial charge in [-0.2, -0.15) is 0 Å². The maximum atomic E-state index is 5.33. The predicted molar refractivity (Wildman–Crippen MR) is 178 cm³/mol. The predicted octanol–water partition coefficient (Wildman–Crippen LogP) is 8.53. The molecule has 1 aliphatic heterocycles. The van der Waals surface area contributed by atoms with Crippen LogP contribution in [0, 0.1) is 0 Å². The van der Waals surface area contributed by atoms with E-state index in [-0.39, 0.29) is 0 Å². The van der Waals surface area contributed by atoms with E-state index in [1.165, 1.54) is 0 Å². The molecule has 0 saturated carbocycles. The molecule has 6 heteroatoms. The van der Waals surface area contributed by atoms with Crippen molar-refractivity contribution in [3.05, 3.63) is 156 Å². The summed E-state index contributed by atoms with van der Waals surface area (Å²) in [5.74, 6) is 0. The molecule has 0 radical (unpaired) electrons. The third-order valence-electron chi connectivity index (χ3n) is 8.07. The van der Waals surface area contributed by atoms with E-state index in [1.54, 1.807) is 0 Å². The summed E-state index contributed by atoms with van der Waals surface area (Å²) in [7, 11) is 0. The maximum Gasteiger partial charge on any atom is 0.117 e. The minimum Gasteiger partial charge on any atom is -0.254 e. The fourth-order valence-electron chi connectivity index (χ4n) is 5.86. The second-order valence-corrected chi connectivity index (χ2v) is 10.9. The number of benzene rings is 4. The molecule has 1 aliphatic rings. The van der Waals surface area contributed by atoms with E-state index >= 15 is 0 Å². The Morgan fingerprint density at radius 3 is 1.20 bits per heavy atom.